The fourth-order valence-corrected chi connectivity index (χ4v) is 3.38. The Balaban J connectivity index is 2.30. The predicted molar refractivity (Wildman–Crippen MR) is 52.8 cm³/mol. The van der Waals surface area contributed by atoms with Gasteiger partial charge in [-0.25, -0.2) is 0 Å². The highest BCUT2D eigenvalue weighted by Gasteiger charge is 2.18. The van der Waals surface area contributed by atoms with E-state index in [1.807, 2.05) is 23.5 Å². The van der Waals surface area contributed by atoms with Crippen molar-refractivity contribution >= 4 is 23.5 Å². The van der Waals surface area contributed by atoms with Gasteiger partial charge in [0.25, 0.3) is 0 Å². The van der Waals surface area contributed by atoms with Gasteiger partial charge < -0.3 is 5.11 Å². The van der Waals surface area contributed by atoms with Crippen LogP contribution in [0.3, 0.4) is 0 Å². The highest BCUT2D eigenvalue weighted by Crippen LogP contribution is 2.24. The minimum absolute atomic E-state index is 0.303. The Labute approximate surface area is 76.7 Å². The number of nitrogens with zero attached hydrogens (tertiary/aromatic N) is 1. The van der Waals surface area contributed by atoms with E-state index in [2.05, 4.69) is 11.8 Å². The lowest BCUT2D eigenvalue weighted by atomic mass is 10.2. The standard InChI is InChI=1S/C7H15NOS2/c1-2-7(3-9)8-4-10-6-11-5-8/h7,9H,2-6H2,1H3/t7-/m1/s1. The monoisotopic (exact) mass is 193 g/mol. The van der Waals surface area contributed by atoms with Crippen molar-refractivity contribution < 1.29 is 5.11 Å². The highest BCUT2D eigenvalue weighted by molar-refractivity contribution is 8.16. The van der Waals surface area contributed by atoms with Gasteiger partial charge in [0.2, 0.25) is 0 Å². The molecule has 1 fully saturated rings. The summed E-state index contributed by atoms with van der Waals surface area (Å²) < 4.78 is 0. The molecular formula is C7H15NOS2. The van der Waals surface area contributed by atoms with Crippen molar-refractivity contribution in [3.05, 3.63) is 0 Å². The van der Waals surface area contributed by atoms with E-state index in [1.165, 1.54) is 5.08 Å². The quantitative estimate of drug-likeness (QED) is 0.732. The average molecular weight is 193 g/mol. The van der Waals surface area contributed by atoms with Gasteiger partial charge in [-0.05, 0) is 6.42 Å². The van der Waals surface area contributed by atoms with Gasteiger partial charge in [-0.3, -0.25) is 4.90 Å². The summed E-state index contributed by atoms with van der Waals surface area (Å²) in [5.41, 5.74) is 0. The van der Waals surface area contributed by atoms with Gasteiger partial charge in [0.15, 0.2) is 0 Å². The molecule has 0 saturated carbocycles. The van der Waals surface area contributed by atoms with Crippen LogP contribution in [0.15, 0.2) is 0 Å². The molecule has 2 nitrogen and oxygen atoms in total. The first-order valence-electron chi connectivity index (χ1n) is 3.89. The molecule has 4 heteroatoms. The number of aliphatic hydroxyl groups is 1. The number of rotatable bonds is 3. The largest absolute Gasteiger partial charge is 0.395 e. The van der Waals surface area contributed by atoms with Gasteiger partial charge in [-0.2, -0.15) is 0 Å². The maximum atomic E-state index is 9.02. The Morgan fingerprint density at radius 1 is 1.45 bits per heavy atom. The molecule has 0 radical (unpaired) electrons. The molecule has 1 aliphatic heterocycles. The Kier molecular flexibility index (Phi) is 4.67. The Morgan fingerprint density at radius 2 is 2.09 bits per heavy atom. The zero-order valence-electron chi connectivity index (χ0n) is 6.82. The predicted octanol–water partition coefficient (Wildman–Crippen LogP) is 1.41. The summed E-state index contributed by atoms with van der Waals surface area (Å²) in [5, 5.41) is 10.2. The molecule has 1 rings (SSSR count). The zero-order chi connectivity index (χ0) is 8.10. The molecule has 0 aliphatic carbocycles. The van der Waals surface area contributed by atoms with Crippen molar-refractivity contribution in [2.45, 2.75) is 19.4 Å². The van der Waals surface area contributed by atoms with Crippen LogP contribution in [0.4, 0.5) is 0 Å². The van der Waals surface area contributed by atoms with Crippen LogP contribution < -0.4 is 0 Å². The van der Waals surface area contributed by atoms with Gasteiger partial charge in [0.05, 0.1) is 6.61 Å². The summed E-state index contributed by atoms with van der Waals surface area (Å²) in [5.74, 6) is 2.18. The first kappa shape index (κ1) is 9.71. The average Bonchev–Trinajstić information content (AvgIpc) is 2.09. The SMILES string of the molecule is CC[C@H](CO)N1CSCSC1. The van der Waals surface area contributed by atoms with Crippen molar-refractivity contribution in [2.24, 2.45) is 0 Å². The molecule has 0 amide bonds. The van der Waals surface area contributed by atoms with Crippen LogP contribution in [0.1, 0.15) is 13.3 Å². The second-order valence-corrected chi connectivity index (χ2v) is 4.89. The first-order chi connectivity index (χ1) is 5.38. The van der Waals surface area contributed by atoms with Crippen molar-refractivity contribution in [3.8, 4) is 0 Å². The second kappa shape index (κ2) is 5.30. The van der Waals surface area contributed by atoms with Gasteiger partial charge in [-0.15, -0.1) is 23.5 Å². The van der Waals surface area contributed by atoms with E-state index in [-0.39, 0.29) is 0 Å². The molecule has 0 aromatic heterocycles. The summed E-state index contributed by atoms with van der Waals surface area (Å²) in [7, 11) is 0. The molecular weight excluding hydrogens is 178 g/mol. The molecule has 1 atom stereocenters. The fraction of sp³-hybridized carbons (Fsp3) is 1.00. The Bertz CT molecular complexity index is 103. The normalized spacial score (nSPS) is 23.5. The minimum atomic E-state index is 0.303. The lowest BCUT2D eigenvalue weighted by molar-refractivity contribution is 0.155. The highest BCUT2D eigenvalue weighted by atomic mass is 32.2. The molecule has 0 spiro atoms. The van der Waals surface area contributed by atoms with Gasteiger partial charge in [0.1, 0.15) is 0 Å². The van der Waals surface area contributed by atoms with E-state index in [9.17, 15) is 0 Å². The van der Waals surface area contributed by atoms with Crippen molar-refractivity contribution in [1.82, 2.24) is 4.90 Å². The second-order valence-electron chi connectivity index (χ2n) is 2.62. The maximum Gasteiger partial charge on any atom is 0.0587 e. The number of hydrogen-bond donors (Lipinski definition) is 1. The van der Waals surface area contributed by atoms with E-state index in [0.29, 0.717) is 12.6 Å². The minimum Gasteiger partial charge on any atom is -0.395 e. The third kappa shape index (κ3) is 2.86. The summed E-state index contributed by atoms with van der Waals surface area (Å²) in [6.07, 6.45) is 1.05. The zero-order valence-corrected chi connectivity index (χ0v) is 8.46. The summed E-state index contributed by atoms with van der Waals surface area (Å²) in [6, 6.07) is 0.385. The van der Waals surface area contributed by atoms with E-state index >= 15 is 0 Å². The van der Waals surface area contributed by atoms with Crippen LogP contribution in [0.5, 0.6) is 0 Å². The van der Waals surface area contributed by atoms with Crippen molar-refractivity contribution in [3.63, 3.8) is 0 Å². The maximum absolute atomic E-state index is 9.02. The van der Waals surface area contributed by atoms with E-state index in [0.717, 1.165) is 18.2 Å². The van der Waals surface area contributed by atoms with Crippen LogP contribution in [0, 0.1) is 0 Å². The van der Waals surface area contributed by atoms with Gasteiger partial charge in [-0.1, -0.05) is 6.92 Å². The Morgan fingerprint density at radius 3 is 2.55 bits per heavy atom. The van der Waals surface area contributed by atoms with Gasteiger partial charge >= 0.3 is 0 Å². The molecule has 1 saturated heterocycles. The number of aliphatic hydroxyl groups excluding tert-OH is 1. The smallest absolute Gasteiger partial charge is 0.0587 e. The molecule has 11 heavy (non-hydrogen) atoms. The summed E-state index contributed by atoms with van der Waals surface area (Å²) in [4.78, 5) is 2.35. The molecule has 0 aromatic rings. The third-order valence-corrected chi connectivity index (χ3v) is 4.24. The molecule has 1 heterocycles. The van der Waals surface area contributed by atoms with E-state index in [1.54, 1.807) is 0 Å². The molecule has 0 unspecified atom stereocenters. The number of thioether (sulfide) groups is 2. The van der Waals surface area contributed by atoms with Crippen LogP contribution in [0.2, 0.25) is 0 Å². The van der Waals surface area contributed by atoms with Crippen LogP contribution >= 0.6 is 23.5 Å². The van der Waals surface area contributed by atoms with E-state index in [4.69, 9.17) is 5.11 Å². The summed E-state index contributed by atoms with van der Waals surface area (Å²) >= 11 is 3.88. The molecule has 0 aromatic carbocycles. The van der Waals surface area contributed by atoms with Crippen LogP contribution in [-0.4, -0.2) is 39.5 Å². The molecule has 1 N–H and O–H groups in total. The van der Waals surface area contributed by atoms with Gasteiger partial charge in [0, 0.05) is 22.9 Å². The molecule has 0 bridgehead atoms. The van der Waals surface area contributed by atoms with Crippen LogP contribution in [-0.2, 0) is 0 Å². The lowest BCUT2D eigenvalue weighted by Gasteiger charge is -2.31. The van der Waals surface area contributed by atoms with Crippen molar-refractivity contribution in [1.29, 1.82) is 0 Å². The topological polar surface area (TPSA) is 23.5 Å². The summed E-state index contributed by atoms with van der Waals surface area (Å²) in [6.45, 7) is 2.43. The van der Waals surface area contributed by atoms with Crippen LogP contribution in [0.25, 0.3) is 0 Å². The van der Waals surface area contributed by atoms with Crippen molar-refractivity contribution in [2.75, 3.05) is 23.4 Å². The molecule has 66 valence electrons. The fourth-order valence-electron chi connectivity index (χ4n) is 1.12. The number of hydrogen-bond acceptors (Lipinski definition) is 4. The Hall–Kier alpha value is 0.620. The lowest BCUT2D eigenvalue weighted by Crippen LogP contribution is -2.38. The third-order valence-electron chi connectivity index (χ3n) is 1.88. The molecule has 1 aliphatic rings. The first-order valence-corrected chi connectivity index (χ1v) is 6.19. The van der Waals surface area contributed by atoms with E-state index < -0.39 is 0 Å².